The number of amides is 1. The maximum absolute atomic E-state index is 11.8. The van der Waals surface area contributed by atoms with Gasteiger partial charge in [-0.05, 0) is 30.7 Å². The Morgan fingerprint density at radius 3 is 2.80 bits per heavy atom. The first-order valence-electron chi connectivity index (χ1n) is 7.65. The molecule has 8 heteroatoms. The summed E-state index contributed by atoms with van der Waals surface area (Å²) in [6.45, 7) is 1.85. The number of nitro groups is 1. The first-order valence-corrected chi connectivity index (χ1v) is 7.65. The number of nitrogens with one attached hydrogen (secondary N) is 2. The summed E-state index contributed by atoms with van der Waals surface area (Å²) >= 11 is 0. The average Bonchev–Trinajstić information content (AvgIpc) is 3.13. The van der Waals surface area contributed by atoms with Crippen molar-refractivity contribution in [2.45, 2.75) is 12.8 Å². The summed E-state index contributed by atoms with van der Waals surface area (Å²) in [6, 6.07) is 8.11. The first-order chi connectivity index (χ1) is 12.0. The number of carbonyl (C=O) groups excluding carboxylic acids is 1. The molecule has 1 aliphatic heterocycles. The third kappa shape index (κ3) is 2.30. The molecule has 1 amide bonds. The zero-order valence-corrected chi connectivity index (χ0v) is 13.5. The minimum Gasteiger partial charge on any atom is -0.496 e. The summed E-state index contributed by atoms with van der Waals surface area (Å²) in [6.07, 6.45) is 0. The number of H-pyrrole nitrogens is 1. The number of benzene rings is 2. The molecule has 2 N–H and O–H groups in total. The van der Waals surface area contributed by atoms with E-state index in [1.165, 1.54) is 19.2 Å². The van der Waals surface area contributed by atoms with Gasteiger partial charge in [0.1, 0.15) is 11.6 Å². The number of ether oxygens (including phenoxy) is 1. The Morgan fingerprint density at radius 1 is 1.28 bits per heavy atom. The number of anilines is 1. The van der Waals surface area contributed by atoms with Gasteiger partial charge in [-0.15, -0.1) is 0 Å². The van der Waals surface area contributed by atoms with Crippen LogP contribution in [0.3, 0.4) is 0 Å². The summed E-state index contributed by atoms with van der Waals surface area (Å²) in [7, 11) is 1.46. The van der Waals surface area contributed by atoms with Gasteiger partial charge in [-0.1, -0.05) is 0 Å². The van der Waals surface area contributed by atoms with Crippen molar-refractivity contribution < 1.29 is 14.5 Å². The van der Waals surface area contributed by atoms with Crippen molar-refractivity contribution in [3.8, 4) is 17.1 Å². The van der Waals surface area contributed by atoms with Gasteiger partial charge in [0.15, 0.2) is 0 Å². The van der Waals surface area contributed by atoms with Crippen molar-refractivity contribution in [1.29, 1.82) is 0 Å². The Bertz CT molecular complexity index is 1040. The Balaban J connectivity index is 1.83. The van der Waals surface area contributed by atoms with E-state index in [1.54, 1.807) is 6.07 Å². The fraction of sp³-hybridized carbons (Fsp3) is 0.176. The number of nitro benzene ring substituents is 1. The molecule has 0 aliphatic carbocycles. The van der Waals surface area contributed by atoms with Crippen molar-refractivity contribution in [3.63, 3.8) is 0 Å². The van der Waals surface area contributed by atoms with Gasteiger partial charge < -0.3 is 15.0 Å². The van der Waals surface area contributed by atoms with E-state index in [0.717, 1.165) is 16.8 Å². The summed E-state index contributed by atoms with van der Waals surface area (Å²) in [5.41, 5.74) is 3.75. The number of hydrogen-bond donors (Lipinski definition) is 2. The first kappa shape index (κ1) is 15.1. The maximum Gasteiger partial charge on any atom is 0.273 e. The second-order valence-electron chi connectivity index (χ2n) is 5.89. The molecule has 0 saturated heterocycles. The SMILES string of the molecule is COc1cc([N+](=O)[O-])ccc1-c1nc2cc3c(cc2[nH]1)C(C)C(=O)N3. The van der Waals surface area contributed by atoms with Crippen LogP contribution < -0.4 is 10.1 Å². The normalized spacial score (nSPS) is 15.9. The highest BCUT2D eigenvalue weighted by Gasteiger charge is 2.27. The van der Waals surface area contributed by atoms with E-state index in [9.17, 15) is 14.9 Å². The minimum absolute atomic E-state index is 0.0279. The van der Waals surface area contributed by atoms with Gasteiger partial charge in [0.25, 0.3) is 5.69 Å². The highest BCUT2D eigenvalue weighted by Crippen LogP contribution is 2.37. The smallest absolute Gasteiger partial charge is 0.273 e. The van der Waals surface area contributed by atoms with Crippen LogP contribution in [0.25, 0.3) is 22.4 Å². The molecule has 3 aromatic rings. The average molecular weight is 338 g/mol. The largest absolute Gasteiger partial charge is 0.496 e. The third-order valence-electron chi connectivity index (χ3n) is 4.42. The lowest BCUT2D eigenvalue weighted by molar-refractivity contribution is -0.384. The van der Waals surface area contributed by atoms with Crippen molar-refractivity contribution in [1.82, 2.24) is 9.97 Å². The van der Waals surface area contributed by atoms with Gasteiger partial charge in [0.2, 0.25) is 5.91 Å². The third-order valence-corrected chi connectivity index (χ3v) is 4.42. The molecule has 4 rings (SSSR count). The maximum atomic E-state index is 11.8. The molecule has 25 heavy (non-hydrogen) atoms. The van der Waals surface area contributed by atoms with Crippen LogP contribution in [0.4, 0.5) is 11.4 Å². The minimum atomic E-state index is -0.473. The second kappa shape index (κ2) is 5.30. The molecule has 2 aromatic carbocycles. The van der Waals surface area contributed by atoms with Crippen LogP contribution >= 0.6 is 0 Å². The van der Waals surface area contributed by atoms with E-state index in [-0.39, 0.29) is 17.5 Å². The number of fused-ring (bicyclic) bond motifs is 2. The van der Waals surface area contributed by atoms with E-state index >= 15 is 0 Å². The van der Waals surface area contributed by atoms with Crippen molar-refractivity contribution in [3.05, 3.63) is 46.0 Å². The van der Waals surface area contributed by atoms with Gasteiger partial charge in [-0.3, -0.25) is 14.9 Å². The van der Waals surface area contributed by atoms with E-state index in [1.807, 2.05) is 19.1 Å². The standard InChI is InChI=1S/C17H14N4O4/c1-8-11-6-13-14(7-12(11)20-17(8)22)19-16(18-13)10-4-3-9(21(23)24)5-15(10)25-2/h3-8H,1-2H3,(H,18,19)(H,20,22). The Morgan fingerprint density at radius 2 is 2.08 bits per heavy atom. The zero-order valence-electron chi connectivity index (χ0n) is 13.5. The highest BCUT2D eigenvalue weighted by atomic mass is 16.6. The van der Waals surface area contributed by atoms with Crippen molar-refractivity contribution in [2.24, 2.45) is 0 Å². The molecule has 0 spiro atoms. The molecule has 1 aliphatic rings. The van der Waals surface area contributed by atoms with Crippen LogP contribution in [-0.4, -0.2) is 27.9 Å². The van der Waals surface area contributed by atoms with Crippen LogP contribution in [-0.2, 0) is 4.79 Å². The molecule has 0 fully saturated rings. The highest BCUT2D eigenvalue weighted by molar-refractivity contribution is 6.05. The Labute approximate surface area is 142 Å². The van der Waals surface area contributed by atoms with Crippen LogP contribution in [0.5, 0.6) is 5.75 Å². The van der Waals surface area contributed by atoms with Crippen molar-refractivity contribution in [2.75, 3.05) is 12.4 Å². The molecule has 126 valence electrons. The molecular formula is C17H14N4O4. The second-order valence-corrected chi connectivity index (χ2v) is 5.89. The molecule has 0 radical (unpaired) electrons. The number of aromatic nitrogens is 2. The van der Waals surface area contributed by atoms with Gasteiger partial charge in [-0.25, -0.2) is 4.98 Å². The predicted octanol–water partition coefficient (Wildman–Crippen LogP) is 3.20. The molecule has 1 unspecified atom stereocenters. The number of nitrogens with zero attached hydrogens (tertiary/aromatic N) is 2. The number of rotatable bonds is 3. The quantitative estimate of drug-likeness (QED) is 0.563. The zero-order chi connectivity index (χ0) is 17.7. The summed E-state index contributed by atoms with van der Waals surface area (Å²) in [5, 5.41) is 13.8. The monoisotopic (exact) mass is 338 g/mol. The lowest BCUT2D eigenvalue weighted by atomic mass is 10.0. The predicted molar refractivity (Wildman–Crippen MR) is 91.8 cm³/mol. The lowest BCUT2D eigenvalue weighted by Crippen LogP contribution is -2.08. The summed E-state index contributed by atoms with van der Waals surface area (Å²) in [4.78, 5) is 30.0. The Hall–Kier alpha value is -3.42. The fourth-order valence-corrected chi connectivity index (χ4v) is 3.04. The fourth-order valence-electron chi connectivity index (χ4n) is 3.04. The van der Waals surface area contributed by atoms with Crippen LogP contribution in [0, 0.1) is 10.1 Å². The van der Waals surface area contributed by atoms with Crippen LogP contribution in [0.15, 0.2) is 30.3 Å². The van der Waals surface area contributed by atoms with E-state index < -0.39 is 4.92 Å². The van der Waals surface area contributed by atoms with Crippen LogP contribution in [0.1, 0.15) is 18.4 Å². The van der Waals surface area contributed by atoms with E-state index in [0.29, 0.717) is 22.7 Å². The molecule has 1 aromatic heterocycles. The topological polar surface area (TPSA) is 110 Å². The van der Waals surface area contributed by atoms with E-state index in [2.05, 4.69) is 15.3 Å². The number of hydrogen-bond acceptors (Lipinski definition) is 5. The molecule has 0 bridgehead atoms. The number of carbonyl (C=O) groups is 1. The van der Waals surface area contributed by atoms with Gasteiger partial charge in [0.05, 0.1) is 40.6 Å². The summed E-state index contributed by atoms with van der Waals surface area (Å²) < 4.78 is 5.28. The molecule has 0 saturated carbocycles. The van der Waals surface area contributed by atoms with Crippen molar-refractivity contribution >= 4 is 28.3 Å². The Kier molecular flexibility index (Phi) is 3.21. The molecule has 1 atom stereocenters. The molecule has 8 nitrogen and oxygen atoms in total. The molecular weight excluding hydrogens is 324 g/mol. The number of imidazole rings is 1. The summed E-state index contributed by atoms with van der Waals surface area (Å²) in [5.74, 6) is 0.673. The van der Waals surface area contributed by atoms with Gasteiger partial charge in [-0.2, -0.15) is 0 Å². The number of methoxy groups -OCH3 is 1. The van der Waals surface area contributed by atoms with Gasteiger partial charge >= 0.3 is 0 Å². The van der Waals surface area contributed by atoms with E-state index in [4.69, 9.17) is 4.74 Å². The number of aromatic amines is 1. The molecule has 2 heterocycles. The lowest BCUT2D eigenvalue weighted by Gasteiger charge is -2.05. The van der Waals surface area contributed by atoms with Gasteiger partial charge in [0, 0.05) is 11.8 Å². The van der Waals surface area contributed by atoms with Crippen LogP contribution in [0.2, 0.25) is 0 Å². The number of non-ortho nitro benzene ring substituents is 1.